The molecule has 2 fully saturated rings. The zero-order chi connectivity index (χ0) is 15.1. The number of amidine groups is 1. The van der Waals surface area contributed by atoms with E-state index in [0.717, 1.165) is 11.8 Å². The largest absolute Gasteiger partial charge is 0.362 e. The molecule has 122 valence electrons. The molecule has 0 aromatic rings. The van der Waals surface area contributed by atoms with Crippen LogP contribution in [-0.2, 0) is 0 Å². The fourth-order valence-corrected chi connectivity index (χ4v) is 4.49. The summed E-state index contributed by atoms with van der Waals surface area (Å²) in [5.41, 5.74) is 0. The van der Waals surface area contributed by atoms with E-state index >= 15 is 0 Å². The summed E-state index contributed by atoms with van der Waals surface area (Å²) in [4.78, 5) is 5.13. The Morgan fingerprint density at radius 2 is 1.43 bits per heavy atom. The molecule has 0 aromatic carbocycles. The van der Waals surface area contributed by atoms with E-state index in [-0.39, 0.29) is 0 Å². The molecule has 0 aliphatic heterocycles. The van der Waals surface area contributed by atoms with Gasteiger partial charge in [-0.25, -0.2) is 0 Å². The average molecular weight is 311 g/mol. The maximum atomic E-state index is 5.13. The van der Waals surface area contributed by atoms with Gasteiger partial charge in [0.1, 0.15) is 0 Å². The molecule has 21 heavy (non-hydrogen) atoms. The molecule has 3 heteroatoms. The van der Waals surface area contributed by atoms with Crippen LogP contribution in [0, 0.1) is 11.8 Å². The summed E-state index contributed by atoms with van der Waals surface area (Å²) in [6.45, 7) is 4.77. The normalized spacial score (nSPS) is 33.3. The lowest BCUT2D eigenvalue weighted by Gasteiger charge is -2.32. The SMILES string of the molecule is CSC(=NC1C(C)CCCC1C)NC1CCCCCCC1. The van der Waals surface area contributed by atoms with Crippen molar-refractivity contribution >= 4 is 16.9 Å². The van der Waals surface area contributed by atoms with Crippen molar-refractivity contribution < 1.29 is 0 Å². The number of thioether (sulfide) groups is 1. The molecular weight excluding hydrogens is 276 g/mol. The van der Waals surface area contributed by atoms with Gasteiger partial charge in [-0.2, -0.15) is 0 Å². The molecule has 0 bridgehead atoms. The number of rotatable bonds is 2. The molecule has 0 amide bonds. The Bertz CT molecular complexity index is 311. The number of hydrogen-bond acceptors (Lipinski definition) is 2. The van der Waals surface area contributed by atoms with Crippen LogP contribution in [0.15, 0.2) is 4.99 Å². The highest BCUT2D eigenvalue weighted by atomic mass is 32.2. The van der Waals surface area contributed by atoms with Crippen LogP contribution < -0.4 is 5.32 Å². The molecular formula is C18H34N2S. The van der Waals surface area contributed by atoms with E-state index in [0.29, 0.717) is 12.1 Å². The molecule has 0 radical (unpaired) electrons. The average Bonchev–Trinajstić information content (AvgIpc) is 2.44. The van der Waals surface area contributed by atoms with Crippen LogP contribution in [0.2, 0.25) is 0 Å². The predicted octanol–water partition coefficient (Wildman–Crippen LogP) is 5.23. The third kappa shape index (κ3) is 5.50. The highest BCUT2D eigenvalue weighted by molar-refractivity contribution is 8.13. The van der Waals surface area contributed by atoms with Gasteiger partial charge in [0.2, 0.25) is 0 Å². The van der Waals surface area contributed by atoms with Crippen LogP contribution in [0.1, 0.15) is 78.1 Å². The minimum Gasteiger partial charge on any atom is -0.362 e. The van der Waals surface area contributed by atoms with Crippen molar-refractivity contribution in [3.63, 3.8) is 0 Å². The van der Waals surface area contributed by atoms with Gasteiger partial charge in [0, 0.05) is 6.04 Å². The van der Waals surface area contributed by atoms with E-state index < -0.39 is 0 Å². The van der Waals surface area contributed by atoms with Gasteiger partial charge in [-0.05, 0) is 43.8 Å². The highest BCUT2D eigenvalue weighted by Crippen LogP contribution is 2.31. The first kappa shape index (κ1) is 17.2. The molecule has 0 heterocycles. The number of nitrogens with zero attached hydrogens (tertiary/aromatic N) is 1. The first-order valence-corrected chi connectivity index (χ1v) is 10.3. The Labute approximate surface area is 135 Å². The van der Waals surface area contributed by atoms with Crippen molar-refractivity contribution in [3.8, 4) is 0 Å². The van der Waals surface area contributed by atoms with E-state index in [1.54, 1.807) is 0 Å². The Morgan fingerprint density at radius 3 is 2.00 bits per heavy atom. The molecule has 2 rings (SSSR count). The van der Waals surface area contributed by atoms with Gasteiger partial charge >= 0.3 is 0 Å². The van der Waals surface area contributed by atoms with Crippen molar-refractivity contribution in [2.45, 2.75) is 90.1 Å². The summed E-state index contributed by atoms with van der Waals surface area (Å²) in [6, 6.07) is 1.19. The maximum absolute atomic E-state index is 5.13. The smallest absolute Gasteiger partial charge is 0.156 e. The maximum Gasteiger partial charge on any atom is 0.156 e. The zero-order valence-electron chi connectivity index (χ0n) is 14.2. The van der Waals surface area contributed by atoms with Crippen LogP contribution in [0.25, 0.3) is 0 Å². The van der Waals surface area contributed by atoms with Crippen molar-refractivity contribution in [1.29, 1.82) is 0 Å². The highest BCUT2D eigenvalue weighted by Gasteiger charge is 2.27. The van der Waals surface area contributed by atoms with Crippen molar-refractivity contribution in [3.05, 3.63) is 0 Å². The third-order valence-electron chi connectivity index (χ3n) is 5.38. The van der Waals surface area contributed by atoms with Gasteiger partial charge in [0.25, 0.3) is 0 Å². The van der Waals surface area contributed by atoms with E-state index in [1.165, 1.54) is 69.4 Å². The minimum atomic E-state index is 0.530. The summed E-state index contributed by atoms with van der Waals surface area (Å²) < 4.78 is 0. The lowest BCUT2D eigenvalue weighted by Crippen LogP contribution is -2.36. The molecule has 2 nitrogen and oxygen atoms in total. The molecule has 0 saturated heterocycles. The summed E-state index contributed by atoms with van der Waals surface area (Å²) >= 11 is 1.81. The van der Waals surface area contributed by atoms with Crippen LogP contribution in [0.3, 0.4) is 0 Å². The summed E-state index contributed by atoms with van der Waals surface area (Å²) in [5, 5.41) is 4.97. The van der Waals surface area contributed by atoms with Gasteiger partial charge in [-0.15, -0.1) is 0 Å². The summed E-state index contributed by atoms with van der Waals surface area (Å²) in [5.74, 6) is 1.49. The number of aliphatic imine (C=N–C) groups is 1. The number of nitrogens with one attached hydrogen (secondary N) is 1. The van der Waals surface area contributed by atoms with Gasteiger partial charge in [0.05, 0.1) is 6.04 Å². The molecule has 0 aromatic heterocycles. The molecule has 0 spiro atoms. The third-order valence-corrected chi connectivity index (χ3v) is 5.99. The van der Waals surface area contributed by atoms with Crippen molar-refractivity contribution in [2.75, 3.05) is 6.26 Å². The first-order valence-electron chi connectivity index (χ1n) is 9.09. The van der Waals surface area contributed by atoms with Gasteiger partial charge in [-0.1, -0.05) is 64.1 Å². The second kappa shape index (κ2) is 9.07. The molecule has 2 saturated carbocycles. The monoisotopic (exact) mass is 310 g/mol. The summed E-state index contributed by atoms with van der Waals surface area (Å²) in [7, 11) is 0. The Balaban J connectivity index is 1.95. The molecule has 1 N–H and O–H groups in total. The van der Waals surface area contributed by atoms with Crippen LogP contribution in [0.4, 0.5) is 0 Å². The fraction of sp³-hybridized carbons (Fsp3) is 0.944. The van der Waals surface area contributed by atoms with Crippen LogP contribution in [-0.4, -0.2) is 23.5 Å². The topological polar surface area (TPSA) is 24.4 Å². The van der Waals surface area contributed by atoms with E-state index in [9.17, 15) is 0 Å². The molecule has 2 aliphatic rings. The summed E-state index contributed by atoms with van der Waals surface area (Å²) in [6.07, 6.45) is 16.0. The van der Waals surface area contributed by atoms with Crippen LogP contribution >= 0.6 is 11.8 Å². The lowest BCUT2D eigenvalue weighted by atomic mass is 9.79. The van der Waals surface area contributed by atoms with Gasteiger partial charge in [0.15, 0.2) is 5.17 Å². The quantitative estimate of drug-likeness (QED) is 0.557. The van der Waals surface area contributed by atoms with E-state index in [2.05, 4.69) is 25.4 Å². The Morgan fingerprint density at radius 1 is 0.857 bits per heavy atom. The Kier molecular flexibility index (Phi) is 7.42. The van der Waals surface area contributed by atoms with Crippen LogP contribution in [0.5, 0.6) is 0 Å². The molecule has 2 unspecified atom stereocenters. The van der Waals surface area contributed by atoms with Crippen molar-refractivity contribution in [1.82, 2.24) is 5.32 Å². The van der Waals surface area contributed by atoms with E-state index in [1.807, 2.05) is 11.8 Å². The lowest BCUT2D eigenvalue weighted by molar-refractivity contribution is 0.252. The van der Waals surface area contributed by atoms with Gasteiger partial charge in [-0.3, -0.25) is 4.99 Å². The Hall–Kier alpha value is -0.180. The molecule has 2 aliphatic carbocycles. The minimum absolute atomic E-state index is 0.530. The second-order valence-corrected chi connectivity index (χ2v) is 8.00. The van der Waals surface area contributed by atoms with Gasteiger partial charge < -0.3 is 5.32 Å². The fourth-order valence-electron chi connectivity index (χ4n) is 3.98. The van der Waals surface area contributed by atoms with Crippen molar-refractivity contribution in [2.24, 2.45) is 16.8 Å². The molecule has 2 atom stereocenters. The second-order valence-electron chi connectivity index (χ2n) is 7.20. The number of hydrogen-bond donors (Lipinski definition) is 1. The standard InChI is InChI=1S/C18H34N2S/c1-14-10-9-11-15(2)17(14)20-18(21-3)19-16-12-7-5-4-6-8-13-16/h14-17H,4-13H2,1-3H3,(H,19,20). The first-order chi connectivity index (χ1) is 10.2. The zero-order valence-corrected chi connectivity index (χ0v) is 15.1. The van der Waals surface area contributed by atoms with E-state index in [4.69, 9.17) is 4.99 Å². The predicted molar refractivity (Wildman–Crippen MR) is 96.2 cm³/mol.